The standard InChI is InChI=1S/C18H24ClNO5/c1-5-12(3)20-16(21)11-25-17(22)8-7-13-9-14(19)18(23-4)15(10-13)24-6-2/h7-10,12H,5-6,11H2,1-4H3,(H,20,21)/b8-7+/t12-/m1/s1. The Balaban J connectivity index is 2.68. The lowest BCUT2D eigenvalue weighted by Crippen LogP contribution is -2.35. The first-order valence-electron chi connectivity index (χ1n) is 8.05. The van der Waals surface area contributed by atoms with E-state index in [1.165, 1.54) is 19.3 Å². The van der Waals surface area contributed by atoms with Gasteiger partial charge in [0.15, 0.2) is 18.1 Å². The number of hydrogen-bond acceptors (Lipinski definition) is 5. The third kappa shape index (κ3) is 7.05. The number of nitrogens with one attached hydrogen (secondary N) is 1. The maximum atomic E-state index is 11.7. The van der Waals surface area contributed by atoms with Gasteiger partial charge < -0.3 is 19.5 Å². The van der Waals surface area contributed by atoms with Crippen LogP contribution in [0.2, 0.25) is 5.02 Å². The van der Waals surface area contributed by atoms with Crippen molar-refractivity contribution in [2.24, 2.45) is 0 Å². The van der Waals surface area contributed by atoms with Gasteiger partial charge in [-0.05, 0) is 44.0 Å². The summed E-state index contributed by atoms with van der Waals surface area (Å²) in [6.45, 7) is 5.81. The van der Waals surface area contributed by atoms with Gasteiger partial charge in [-0.2, -0.15) is 0 Å². The Bertz CT molecular complexity index is 630. The third-order valence-electron chi connectivity index (χ3n) is 3.31. The third-order valence-corrected chi connectivity index (χ3v) is 3.59. The van der Waals surface area contributed by atoms with E-state index in [2.05, 4.69) is 5.32 Å². The molecular weight excluding hydrogens is 346 g/mol. The fourth-order valence-electron chi connectivity index (χ4n) is 1.91. The van der Waals surface area contributed by atoms with E-state index in [1.54, 1.807) is 12.1 Å². The van der Waals surface area contributed by atoms with Crippen LogP contribution in [0.1, 0.15) is 32.8 Å². The Morgan fingerprint density at radius 3 is 2.64 bits per heavy atom. The van der Waals surface area contributed by atoms with E-state index in [-0.39, 0.29) is 18.6 Å². The Hall–Kier alpha value is -2.21. The van der Waals surface area contributed by atoms with Crippen LogP contribution >= 0.6 is 11.6 Å². The summed E-state index contributed by atoms with van der Waals surface area (Å²) >= 11 is 6.14. The van der Waals surface area contributed by atoms with Gasteiger partial charge in [-0.15, -0.1) is 0 Å². The Kier molecular flexibility index (Phi) is 8.84. The van der Waals surface area contributed by atoms with Crippen LogP contribution < -0.4 is 14.8 Å². The van der Waals surface area contributed by atoms with Crippen molar-refractivity contribution in [2.75, 3.05) is 20.3 Å². The molecule has 0 fully saturated rings. The van der Waals surface area contributed by atoms with Crippen LogP contribution in [0.4, 0.5) is 0 Å². The van der Waals surface area contributed by atoms with E-state index in [9.17, 15) is 9.59 Å². The minimum atomic E-state index is -0.621. The minimum Gasteiger partial charge on any atom is -0.491 e. The van der Waals surface area contributed by atoms with Gasteiger partial charge >= 0.3 is 5.97 Å². The number of halogens is 1. The SMILES string of the molecule is CCOc1cc(/C=C/C(=O)OCC(=O)N[C@H](C)CC)cc(Cl)c1OC. The molecule has 0 radical (unpaired) electrons. The van der Waals surface area contributed by atoms with Gasteiger partial charge in [0.2, 0.25) is 0 Å². The van der Waals surface area contributed by atoms with Crippen molar-refractivity contribution in [1.29, 1.82) is 0 Å². The number of ether oxygens (including phenoxy) is 3. The summed E-state index contributed by atoms with van der Waals surface area (Å²) in [4.78, 5) is 23.3. The van der Waals surface area contributed by atoms with Gasteiger partial charge in [-0.3, -0.25) is 4.79 Å². The molecule has 25 heavy (non-hydrogen) atoms. The Morgan fingerprint density at radius 1 is 1.32 bits per heavy atom. The molecule has 0 aromatic heterocycles. The number of carbonyl (C=O) groups is 2. The number of carbonyl (C=O) groups excluding carboxylic acids is 2. The maximum Gasteiger partial charge on any atom is 0.331 e. The van der Waals surface area contributed by atoms with Crippen molar-refractivity contribution < 1.29 is 23.8 Å². The predicted octanol–water partition coefficient (Wildman–Crippen LogP) is 3.22. The van der Waals surface area contributed by atoms with Gasteiger partial charge in [0.05, 0.1) is 18.7 Å². The highest BCUT2D eigenvalue weighted by Gasteiger charge is 2.11. The zero-order valence-electron chi connectivity index (χ0n) is 14.9. The zero-order valence-corrected chi connectivity index (χ0v) is 15.7. The van der Waals surface area contributed by atoms with Crippen molar-refractivity contribution in [3.05, 3.63) is 28.8 Å². The van der Waals surface area contributed by atoms with Crippen LogP contribution in [0.3, 0.4) is 0 Å². The molecule has 1 amide bonds. The van der Waals surface area contributed by atoms with E-state index in [0.717, 1.165) is 6.42 Å². The fraction of sp³-hybridized carbons (Fsp3) is 0.444. The first kappa shape index (κ1) is 20.8. The van der Waals surface area contributed by atoms with Crippen LogP contribution in [0, 0.1) is 0 Å². The normalized spacial score (nSPS) is 11.9. The van der Waals surface area contributed by atoms with Gasteiger partial charge in [0.25, 0.3) is 5.91 Å². The van der Waals surface area contributed by atoms with E-state index in [1.807, 2.05) is 20.8 Å². The predicted molar refractivity (Wildman–Crippen MR) is 97.1 cm³/mol. The summed E-state index contributed by atoms with van der Waals surface area (Å²) in [6.07, 6.45) is 3.56. The average Bonchev–Trinajstić information content (AvgIpc) is 2.58. The molecule has 0 bridgehead atoms. The zero-order chi connectivity index (χ0) is 18.8. The molecule has 0 aliphatic carbocycles. The van der Waals surface area contributed by atoms with Crippen molar-refractivity contribution in [3.63, 3.8) is 0 Å². The largest absolute Gasteiger partial charge is 0.491 e. The van der Waals surface area contributed by atoms with Gasteiger partial charge in [-0.25, -0.2) is 4.79 Å². The van der Waals surface area contributed by atoms with Crippen LogP contribution in [0.25, 0.3) is 6.08 Å². The van der Waals surface area contributed by atoms with Gasteiger partial charge in [-0.1, -0.05) is 18.5 Å². The molecule has 0 heterocycles. The molecule has 6 nitrogen and oxygen atoms in total. The van der Waals surface area contributed by atoms with Crippen molar-refractivity contribution in [2.45, 2.75) is 33.2 Å². The summed E-state index contributed by atoms with van der Waals surface area (Å²) in [5.74, 6) is -0.0326. The molecule has 1 aromatic carbocycles. The van der Waals surface area contributed by atoms with Crippen LogP contribution in [-0.2, 0) is 14.3 Å². The van der Waals surface area contributed by atoms with Gasteiger partial charge in [0, 0.05) is 12.1 Å². The highest BCUT2D eigenvalue weighted by molar-refractivity contribution is 6.32. The highest BCUT2D eigenvalue weighted by Crippen LogP contribution is 2.36. The van der Waals surface area contributed by atoms with Gasteiger partial charge in [0.1, 0.15) is 0 Å². The van der Waals surface area contributed by atoms with Crippen molar-refractivity contribution >= 4 is 29.6 Å². The number of benzene rings is 1. The second-order valence-electron chi connectivity index (χ2n) is 5.28. The molecule has 0 saturated heterocycles. The molecule has 7 heteroatoms. The molecule has 0 saturated carbocycles. The topological polar surface area (TPSA) is 73.9 Å². The lowest BCUT2D eigenvalue weighted by Gasteiger charge is -2.12. The lowest BCUT2D eigenvalue weighted by atomic mass is 10.2. The smallest absolute Gasteiger partial charge is 0.331 e. The van der Waals surface area contributed by atoms with E-state index in [4.69, 9.17) is 25.8 Å². The summed E-state index contributed by atoms with van der Waals surface area (Å²) in [6, 6.07) is 3.39. The Labute approximate surface area is 153 Å². The van der Waals surface area contributed by atoms with Crippen LogP contribution in [0.5, 0.6) is 11.5 Å². The van der Waals surface area contributed by atoms with Crippen LogP contribution in [0.15, 0.2) is 18.2 Å². The molecule has 0 spiro atoms. The summed E-state index contributed by atoms with van der Waals surface area (Å²) in [7, 11) is 1.50. The maximum absolute atomic E-state index is 11.7. The van der Waals surface area contributed by atoms with E-state index < -0.39 is 5.97 Å². The molecule has 0 aliphatic rings. The monoisotopic (exact) mass is 369 g/mol. The molecule has 0 unspecified atom stereocenters. The molecule has 1 N–H and O–H groups in total. The van der Waals surface area contributed by atoms with Crippen LogP contribution in [-0.4, -0.2) is 38.2 Å². The molecule has 138 valence electrons. The van der Waals surface area contributed by atoms with Crippen molar-refractivity contribution in [3.8, 4) is 11.5 Å². The molecule has 1 atom stereocenters. The van der Waals surface area contributed by atoms with E-state index in [0.29, 0.717) is 28.7 Å². The highest BCUT2D eigenvalue weighted by atomic mass is 35.5. The second-order valence-corrected chi connectivity index (χ2v) is 5.69. The van der Waals surface area contributed by atoms with Crippen molar-refractivity contribution in [1.82, 2.24) is 5.32 Å². The molecule has 0 aliphatic heterocycles. The second kappa shape index (κ2) is 10.6. The molecule has 1 aromatic rings. The molecular formula is C18H24ClNO5. The molecule has 1 rings (SSSR count). The summed E-state index contributed by atoms with van der Waals surface area (Å²) < 4.78 is 15.6. The number of rotatable bonds is 9. The minimum absolute atomic E-state index is 0.0418. The lowest BCUT2D eigenvalue weighted by molar-refractivity contribution is -0.144. The van der Waals surface area contributed by atoms with E-state index >= 15 is 0 Å². The average molecular weight is 370 g/mol. The summed E-state index contributed by atoms with van der Waals surface area (Å²) in [5.41, 5.74) is 0.648. The number of amides is 1. The quantitative estimate of drug-likeness (QED) is 0.534. The first-order chi connectivity index (χ1) is 11.9. The fourth-order valence-corrected chi connectivity index (χ4v) is 2.21. The summed E-state index contributed by atoms with van der Waals surface area (Å²) in [5, 5.41) is 3.08. The number of methoxy groups -OCH3 is 1. The number of esters is 1. The number of hydrogen-bond donors (Lipinski definition) is 1. The first-order valence-corrected chi connectivity index (χ1v) is 8.43. The Morgan fingerprint density at radius 2 is 2.04 bits per heavy atom.